The second kappa shape index (κ2) is 8.43. The summed E-state index contributed by atoms with van der Waals surface area (Å²) in [6.45, 7) is 0.0354. The summed E-state index contributed by atoms with van der Waals surface area (Å²) in [7, 11) is 0. The molecule has 0 fully saturated rings. The fraction of sp³-hybridized carbons (Fsp3) is 0.158. The van der Waals surface area contributed by atoms with Crippen LogP contribution >= 0.6 is 22.6 Å². The lowest BCUT2D eigenvalue weighted by molar-refractivity contribution is -0.158. The van der Waals surface area contributed by atoms with Gasteiger partial charge in [0.2, 0.25) is 0 Å². The molecule has 0 saturated heterocycles. The van der Waals surface area contributed by atoms with Crippen LogP contribution in [0, 0.1) is 18.3 Å². The van der Waals surface area contributed by atoms with Crippen LogP contribution in [0.5, 0.6) is 0 Å². The van der Waals surface area contributed by atoms with E-state index in [1.807, 2.05) is 28.7 Å². The number of carboxylic acid groups (broad SMARTS) is 1. The summed E-state index contributed by atoms with van der Waals surface area (Å²) in [5.41, 5.74) is 1.43. The Morgan fingerprint density at radius 2 is 1.89 bits per heavy atom. The van der Waals surface area contributed by atoms with Gasteiger partial charge in [-0.3, -0.25) is 0 Å². The number of alkyl halides is 3. The number of halogens is 4. The van der Waals surface area contributed by atoms with Crippen molar-refractivity contribution in [1.29, 1.82) is 5.26 Å². The molecule has 0 saturated carbocycles. The summed E-state index contributed by atoms with van der Waals surface area (Å²) in [6.07, 6.45) is -4.55. The van der Waals surface area contributed by atoms with E-state index in [4.69, 9.17) is 9.84 Å². The number of carbonyl (C=O) groups is 1. The molecule has 0 atom stereocenters. The lowest BCUT2D eigenvalue weighted by atomic mass is 10.0. The van der Waals surface area contributed by atoms with E-state index >= 15 is 0 Å². The molecule has 4 nitrogen and oxygen atoms in total. The fourth-order valence-corrected chi connectivity index (χ4v) is 3.30. The van der Waals surface area contributed by atoms with Crippen LogP contribution in [-0.4, -0.2) is 23.9 Å². The summed E-state index contributed by atoms with van der Waals surface area (Å²) in [5, 5.41) is 18.4. The van der Waals surface area contributed by atoms with Gasteiger partial charge in [0.25, 0.3) is 0 Å². The smallest absolute Gasteiger partial charge is 0.422 e. The van der Waals surface area contributed by atoms with E-state index in [1.165, 1.54) is 18.2 Å². The third kappa shape index (κ3) is 5.23. The molecule has 27 heavy (non-hydrogen) atoms. The van der Waals surface area contributed by atoms with Gasteiger partial charge in [-0.2, -0.15) is 18.4 Å². The Morgan fingerprint density at radius 1 is 1.22 bits per heavy atom. The van der Waals surface area contributed by atoms with Gasteiger partial charge in [-0.25, -0.2) is 4.79 Å². The highest BCUT2D eigenvalue weighted by atomic mass is 127. The van der Waals surface area contributed by atoms with Crippen molar-refractivity contribution in [2.24, 2.45) is 0 Å². The van der Waals surface area contributed by atoms with E-state index in [2.05, 4.69) is 0 Å². The second-order valence-corrected chi connectivity index (χ2v) is 6.62. The molecule has 0 aliphatic carbocycles. The molecule has 2 aromatic carbocycles. The van der Waals surface area contributed by atoms with Gasteiger partial charge in [-0.15, -0.1) is 0 Å². The number of ether oxygens (including phenoxy) is 1. The summed E-state index contributed by atoms with van der Waals surface area (Å²) < 4.78 is 43.5. The largest absolute Gasteiger partial charge is 0.482 e. The van der Waals surface area contributed by atoms with Gasteiger partial charge in [-0.05, 0) is 53.3 Å². The van der Waals surface area contributed by atoms with E-state index in [9.17, 15) is 23.2 Å². The summed E-state index contributed by atoms with van der Waals surface area (Å²) >= 11 is 1.83. The van der Waals surface area contributed by atoms with Crippen molar-refractivity contribution in [3.8, 4) is 6.07 Å². The number of nitrogens with zero attached hydrogens (tertiary/aromatic N) is 1. The van der Waals surface area contributed by atoms with Crippen LogP contribution in [0.25, 0.3) is 9.34 Å². The highest BCUT2D eigenvalue weighted by Gasteiger charge is 2.30. The first-order chi connectivity index (χ1) is 12.6. The van der Waals surface area contributed by atoms with Gasteiger partial charge in [0.15, 0.2) is 6.61 Å². The van der Waals surface area contributed by atoms with Gasteiger partial charge >= 0.3 is 12.1 Å². The third-order valence-electron chi connectivity index (χ3n) is 3.58. The topological polar surface area (TPSA) is 70.3 Å². The van der Waals surface area contributed by atoms with E-state index in [0.29, 0.717) is 20.3 Å². The minimum Gasteiger partial charge on any atom is -0.482 e. The SMILES string of the molecule is Cc1cc(C(OCC(F)(F)F)=C(I)c2ccccc2C#N)ccc1C(=O)O. The highest BCUT2D eigenvalue weighted by molar-refractivity contribution is 14.1. The maximum absolute atomic E-state index is 12.7. The lowest BCUT2D eigenvalue weighted by Crippen LogP contribution is -2.17. The first-order valence-electron chi connectivity index (χ1n) is 7.57. The minimum atomic E-state index is -4.55. The minimum absolute atomic E-state index is 0.0429. The van der Waals surface area contributed by atoms with Crippen molar-refractivity contribution in [3.05, 3.63) is 70.3 Å². The van der Waals surface area contributed by atoms with Crippen LogP contribution in [-0.2, 0) is 4.74 Å². The van der Waals surface area contributed by atoms with Gasteiger partial charge in [0.1, 0.15) is 5.76 Å². The molecule has 2 rings (SSSR count). The monoisotopic (exact) mass is 487 g/mol. The molecular formula is C19H13F3INO3. The van der Waals surface area contributed by atoms with Crippen molar-refractivity contribution in [2.45, 2.75) is 13.1 Å². The molecule has 0 radical (unpaired) electrons. The molecule has 8 heteroatoms. The molecule has 1 N–H and O–H groups in total. The summed E-state index contributed by atoms with van der Waals surface area (Å²) in [4.78, 5) is 11.2. The Kier molecular flexibility index (Phi) is 6.49. The van der Waals surface area contributed by atoms with Crippen molar-refractivity contribution in [1.82, 2.24) is 0 Å². The van der Waals surface area contributed by atoms with Crippen LogP contribution < -0.4 is 0 Å². The third-order valence-corrected chi connectivity index (χ3v) is 4.65. The fourth-order valence-electron chi connectivity index (χ4n) is 2.37. The van der Waals surface area contributed by atoms with Crippen molar-refractivity contribution < 1.29 is 27.8 Å². The number of hydrogen-bond acceptors (Lipinski definition) is 3. The van der Waals surface area contributed by atoms with E-state index in [1.54, 1.807) is 31.2 Å². The van der Waals surface area contributed by atoms with Crippen molar-refractivity contribution >= 4 is 37.9 Å². The standard InChI is InChI=1S/C19H13F3INO3/c1-11-8-12(6-7-14(11)18(25)26)17(27-10-19(20,21)22)16(23)15-5-3-2-4-13(15)9-24/h2-8H,10H2,1H3,(H,25,26). The molecule has 0 heterocycles. The normalized spacial score (nSPS) is 12.1. The molecule has 0 aliphatic heterocycles. The molecular weight excluding hydrogens is 474 g/mol. The number of benzene rings is 2. The van der Waals surface area contributed by atoms with Crippen molar-refractivity contribution in [2.75, 3.05) is 6.61 Å². The molecule has 0 aromatic heterocycles. The average Bonchev–Trinajstić information content (AvgIpc) is 2.60. The van der Waals surface area contributed by atoms with Gasteiger partial charge in [-0.1, -0.05) is 24.3 Å². The van der Waals surface area contributed by atoms with Crippen LogP contribution in [0.2, 0.25) is 0 Å². The maximum atomic E-state index is 12.7. The molecule has 0 spiro atoms. The van der Waals surface area contributed by atoms with Gasteiger partial charge in [0.05, 0.1) is 20.8 Å². The van der Waals surface area contributed by atoms with E-state index in [0.717, 1.165) is 0 Å². The molecule has 0 bridgehead atoms. The predicted molar refractivity (Wildman–Crippen MR) is 102 cm³/mol. The number of aromatic carboxylic acids is 1. The Bertz CT molecular complexity index is 946. The number of rotatable bonds is 5. The number of aryl methyl sites for hydroxylation is 1. The number of hydrogen-bond donors (Lipinski definition) is 1. The van der Waals surface area contributed by atoms with E-state index in [-0.39, 0.29) is 16.9 Å². The Hall–Kier alpha value is -2.54. The van der Waals surface area contributed by atoms with Gasteiger partial charge in [0, 0.05) is 11.1 Å². The first-order valence-corrected chi connectivity index (χ1v) is 8.65. The zero-order chi connectivity index (χ0) is 20.2. The quantitative estimate of drug-likeness (QED) is 0.348. The van der Waals surface area contributed by atoms with Crippen LogP contribution in [0.3, 0.4) is 0 Å². The van der Waals surface area contributed by atoms with Crippen LogP contribution in [0.4, 0.5) is 13.2 Å². The first kappa shape index (κ1) is 20.8. The highest BCUT2D eigenvalue weighted by Crippen LogP contribution is 2.36. The molecule has 140 valence electrons. The maximum Gasteiger partial charge on any atom is 0.422 e. The molecule has 0 aliphatic rings. The second-order valence-electron chi connectivity index (χ2n) is 5.54. The number of carboxylic acids is 1. The molecule has 2 aromatic rings. The van der Waals surface area contributed by atoms with Gasteiger partial charge < -0.3 is 9.84 Å². The summed E-state index contributed by atoms with van der Waals surface area (Å²) in [5.74, 6) is -1.21. The predicted octanol–water partition coefficient (Wildman–Crippen LogP) is 5.40. The zero-order valence-electron chi connectivity index (χ0n) is 14.0. The Balaban J connectivity index is 2.63. The number of nitriles is 1. The van der Waals surface area contributed by atoms with Crippen molar-refractivity contribution in [3.63, 3.8) is 0 Å². The lowest BCUT2D eigenvalue weighted by Gasteiger charge is -2.17. The molecule has 0 amide bonds. The zero-order valence-corrected chi connectivity index (χ0v) is 16.1. The van der Waals surface area contributed by atoms with Crippen LogP contribution in [0.15, 0.2) is 42.5 Å². The Morgan fingerprint density at radius 3 is 2.44 bits per heavy atom. The van der Waals surface area contributed by atoms with E-state index < -0.39 is 18.8 Å². The average molecular weight is 487 g/mol. The van der Waals surface area contributed by atoms with Crippen LogP contribution in [0.1, 0.15) is 32.6 Å². The summed E-state index contributed by atoms with van der Waals surface area (Å²) in [6, 6.07) is 12.6. The Labute approximate surface area is 167 Å². The molecule has 0 unspecified atom stereocenters.